The maximum absolute atomic E-state index is 11.4. The molecule has 1 aliphatic rings. The molecule has 1 aromatic heterocycles. The molecule has 0 amide bonds. The molecule has 19 heavy (non-hydrogen) atoms. The van der Waals surface area contributed by atoms with Gasteiger partial charge in [-0.25, -0.2) is 9.97 Å². The Morgan fingerprint density at radius 1 is 1.47 bits per heavy atom. The van der Waals surface area contributed by atoms with Crippen molar-refractivity contribution in [2.24, 2.45) is 0 Å². The zero-order chi connectivity index (χ0) is 13.9. The van der Waals surface area contributed by atoms with Gasteiger partial charge in [0.05, 0.1) is 11.3 Å². The summed E-state index contributed by atoms with van der Waals surface area (Å²) in [5, 5.41) is 0. The van der Waals surface area contributed by atoms with E-state index in [-0.39, 0.29) is 5.78 Å². The van der Waals surface area contributed by atoms with Gasteiger partial charge in [-0.15, -0.1) is 0 Å². The van der Waals surface area contributed by atoms with E-state index in [2.05, 4.69) is 9.97 Å². The highest BCUT2D eigenvalue weighted by atomic mass is 16.5. The summed E-state index contributed by atoms with van der Waals surface area (Å²) in [5.74, 6) is 0.654. The molecule has 0 bridgehead atoms. The van der Waals surface area contributed by atoms with E-state index in [1.54, 1.807) is 6.20 Å². The van der Waals surface area contributed by atoms with E-state index in [0.29, 0.717) is 36.9 Å². The summed E-state index contributed by atoms with van der Waals surface area (Å²) < 4.78 is 11.3. The van der Waals surface area contributed by atoms with Crippen molar-refractivity contribution in [1.82, 2.24) is 9.97 Å². The lowest BCUT2D eigenvalue weighted by Gasteiger charge is -2.35. The lowest BCUT2D eigenvalue weighted by atomic mass is 9.92. The van der Waals surface area contributed by atoms with Gasteiger partial charge in [-0.2, -0.15) is 0 Å². The molecule has 0 spiro atoms. The van der Waals surface area contributed by atoms with Crippen molar-refractivity contribution in [3.05, 3.63) is 23.3 Å². The Balaban J connectivity index is 2.37. The summed E-state index contributed by atoms with van der Waals surface area (Å²) >= 11 is 0. The minimum Gasteiger partial charge on any atom is -0.381 e. The van der Waals surface area contributed by atoms with Gasteiger partial charge in [0.15, 0.2) is 11.6 Å². The SMILES string of the molecule is CCOC1(c2ncc(C(C)=O)c(C)n2)CCOCC1. The predicted octanol–water partition coefficient (Wildman–Crippen LogP) is 2.03. The monoisotopic (exact) mass is 264 g/mol. The van der Waals surface area contributed by atoms with E-state index in [1.165, 1.54) is 6.92 Å². The zero-order valence-electron chi connectivity index (χ0n) is 11.7. The number of nitrogens with zero attached hydrogens (tertiary/aromatic N) is 2. The Bertz CT molecular complexity index is 462. The van der Waals surface area contributed by atoms with E-state index < -0.39 is 5.60 Å². The lowest BCUT2D eigenvalue weighted by molar-refractivity contribution is -0.117. The molecule has 1 aliphatic heterocycles. The molecule has 2 heterocycles. The van der Waals surface area contributed by atoms with Crippen LogP contribution in [-0.2, 0) is 15.1 Å². The van der Waals surface area contributed by atoms with Gasteiger partial charge in [0.2, 0.25) is 0 Å². The predicted molar refractivity (Wildman–Crippen MR) is 70.1 cm³/mol. The third-order valence-electron chi connectivity index (χ3n) is 3.49. The third-order valence-corrected chi connectivity index (χ3v) is 3.49. The molecule has 0 aromatic carbocycles. The molecule has 1 fully saturated rings. The van der Waals surface area contributed by atoms with Crippen LogP contribution in [0.1, 0.15) is 48.6 Å². The fraction of sp³-hybridized carbons (Fsp3) is 0.643. The highest BCUT2D eigenvalue weighted by Gasteiger charge is 2.38. The van der Waals surface area contributed by atoms with Crippen molar-refractivity contribution in [2.45, 2.75) is 39.2 Å². The Labute approximate surface area is 113 Å². The Hall–Kier alpha value is -1.33. The number of aryl methyl sites for hydroxylation is 1. The summed E-state index contributed by atoms with van der Waals surface area (Å²) in [4.78, 5) is 20.3. The molecule has 0 unspecified atom stereocenters. The minimum absolute atomic E-state index is 0.0125. The van der Waals surface area contributed by atoms with E-state index in [9.17, 15) is 4.79 Å². The standard InChI is InChI=1S/C14H20N2O3/c1-4-19-14(5-7-18-8-6-14)13-15-9-12(11(3)17)10(2)16-13/h9H,4-8H2,1-3H3. The molecule has 0 radical (unpaired) electrons. The van der Waals surface area contributed by atoms with Crippen LogP contribution in [0.25, 0.3) is 0 Å². The van der Waals surface area contributed by atoms with E-state index >= 15 is 0 Å². The molecule has 5 heteroatoms. The van der Waals surface area contributed by atoms with Crippen LogP contribution in [-0.4, -0.2) is 35.6 Å². The number of carbonyl (C=O) groups excluding carboxylic acids is 1. The van der Waals surface area contributed by atoms with E-state index in [4.69, 9.17) is 9.47 Å². The minimum atomic E-state index is -0.465. The van der Waals surface area contributed by atoms with Crippen molar-refractivity contribution >= 4 is 5.78 Å². The molecular formula is C14H20N2O3. The number of Topliss-reactive ketones (excluding diaryl/α,β-unsaturated/α-hetero) is 1. The summed E-state index contributed by atoms with van der Waals surface area (Å²) in [5.41, 5.74) is 0.818. The van der Waals surface area contributed by atoms with Crippen LogP contribution in [0.15, 0.2) is 6.20 Å². The van der Waals surface area contributed by atoms with Crippen LogP contribution < -0.4 is 0 Å². The summed E-state index contributed by atoms with van der Waals surface area (Å²) in [6.45, 7) is 7.23. The van der Waals surface area contributed by atoms with Gasteiger partial charge < -0.3 is 9.47 Å². The Morgan fingerprint density at radius 2 is 2.16 bits per heavy atom. The van der Waals surface area contributed by atoms with Crippen molar-refractivity contribution in [1.29, 1.82) is 0 Å². The second-order valence-corrected chi connectivity index (χ2v) is 4.79. The highest BCUT2D eigenvalue weighted by molar-refractivity contribution is 5.94. The molecule has 1 aromatic rings. The van der Waals surface area contributed by atoms with Gasteiger partial charge in [-0.1, -0.05) is 0 Å². The number of hydrogen-bond donors (Lipinski definition) is 0. The van der Waals surface area contributed by atoms with Crippen LogP contribution in [0, 0.1) is 6.92 Å². The topological polar surface area (TPSA) is 61.3 Å². The van der Waals surface area contributed by atoms with Gasteiger partial charge in [0, 0.05) is 38.9 Å². The largest absolute Gasteiger partial charge is 0.381 e. The zero-order valence-corrected chi connectivity index (χ0v) is 11.7. The molecule has 1 saturated heterocycles. The normalized spacial score (nSPS) is 18.3. The van der Waals surface area contributed by atoms with Crippen LogP contribution in [0.4, 0.5) is 0 Å². The first-order valence-corrected chi connectivity index (χ1v) is 6.66. The fourth-order valence-electron chi connectivity index (χ4n) is 2.44. The molecule has 2 rings (SSSR count). The number of ketones is 1. The van der Waals surface area contributed by atoms with Crippen LogP contribution >= 0.6 is 0 Å². The molecule has 0 aliphatic carbocycles. The lowest BCUT2D eigenvalue weighted by Crippen LogP contribution is -2.38. The quantitative estimate of drug-likeness (QED) is 0.779. The number of rotatable bonds is 4. The van der Waals surface area contributed by atoms with E-state index in [1.807, 2.05) is 13.8 Å². The number of carbonyl (C=O) groups is 1. The number of aromatic nitrogens is 2. The average molecular weight is 264 g/mol. The van der Waals surface area contributed by atoms with Gasteiger partial charge in [0.25, 0.3) is 0 Å². The molecule has 0 N–H and O–H groups in total. The second-order valence-electron chi connectivity index (χ2n) is 4.79. The maximum Gasteiger partial charge on any atom is 0.163 e. The van der Waals surface area contributed by atoms with Gasteiger partial charge >= 0.3 is 0 Å². The number of hydrogen-bond acceptors (Lipinski definition) is 5. The smallest absolute Gasteiger partial charge is 0.163 e. The summed E-state index contributed by atoms with van der Waals surface area (Å²) in [6, 6.07) is 0. The van der Waals surface area contributed by atoms with E-state index in [0.717, 1.165) is 12.8 Å². The van der Waals surface area contributed by atoms with Crippen LogP contribution in [0.3, 0.4) is 0 Å². The van der Waals surface area contributed by atoms with Crippen LogP contribution in [0.2, 0.25) is 0 Å². The van der Waals surface area contributed by atoms with Crippen LogP contribution in [0.5, 0.6) is 0 Å². The first-order valence-electron chi connectivity index (χ1n) is 6.66. The van der Waals surface area contributed by atoms with Crippen molar-refractivity contribution < 1.29 is 14.3 Å². The number of ether oxygens (including phenoxy) is 2. The second kappa shape index (κ2) is 5.75. The highest BCUT2D eigenvalue weighted by Crippen LogP contribution is 2.34. The van der Waals surface area contributed by atoms with Gasteiger partial charge in [-0.3, -0.25) is 4.79 Å². The molecule has 104 valence electrons. The Morgan fingerprint density at radius 3 is 2.68 bits per heavy atom. The first kappa shape index (κ1) is 14.1. The average Bonchev–Trinajstić information content (AvgIpc) is 2.39. The van der Waals surface area contributed by atoms with Gasteiger partial charge in [0.1, 0.15) is 5.60 Å². The third kappa shape index (κ3) is 2.82. The molecule has 0 atom stereocenters. The Kier molecular flexibility index (Phi) is 4.27. The molecule has 0 saturated carbocycles. The van der Waals surface area contributed by atoms with Crippen molar-refractivity contribution in [3.63, 3.8) is 0 Å². The summed E-state index contributed by atoms with van der Waals surface area (Å²) in [6.07, 6.45) is 3.11. The molecule has 5 nitrogen and oxygen atoms in total. The summed E-state index contributed by atoms with van der Waals surface area (Å²) in [7, 11) is 0. The first-order chi connectivity index (χ1) is 9.09. The van der Waals surface area contributed by atoms with Gasteiger partial charge in [-0.05, 0) is 20.8 Å². The molecular weight excluding hydrogens is 244 g/mol. The van der Waals surface area contributed by atoms with Crippen molar-refractivity contribution in [3.8, 4) is 0 Å². The maximum atomic E-state index is 11.4. The van der Waals surface area contributed by atoms with Crippen molar-refractivity contribution in [2.75, 3.05) is 19.8 Å². The fourth-order valence-corrected chi connectivity index (χ4v) is 2.44.